The topological polar surface area (TPSA) is 50.8 Å². The molecular formula is C24H29ClN2O3. The summed E-state index contributed by atoms with van der Waals surface area (Å²) in [5.74, 6) is 0.923. The van der Waals surface area contributed by atoms with Crippen molar-refractivity contribution < 1.29 is 14.3 Å². The van der Waals surface area contributed by atoms with Crippen LogP contribution in [0, 0.1) is 0 Å². The molecule has 0 aliphatic carbocycles. The van der Waals surface area contributed by atoms with Crippen LogP contribution in [0.4, 0.5) is 5.69 Å². The third kappa shape index (κ3) is 4.14. The molecular weight excluding hydrogens is 400 g/mol. The monoisotopic (exact) mass is 428 g/mol. The minimum Gasteiger partial charge on any atom is -0.495 e. The van der Waals surface area contributed by atoms with Crippen molar-refractivity contribution in [3.8, 4) is 5.75 Å². The fourth-order valence-corrected chi connectivity index (χ4v) is 5.03. The number of hydrogen-bond donors (Lipinski definition) is 1. The second-order valence-electron chi connectivity index (χ2n) is 8.10. The lowest BCUT2D eigenvalue weighted by molar-refractivity contribution is -0.131. The van der Waals surface area contributed by atoms with Gasteiger partial charge in [-0.1, -0.05) is 41.9 Å². The van der Waals surface area contributed by atoms with Gasteiger partial charge in [-0.15, -0.1) is 0 Å². The maximum Gasteiger partial charge on any atom is 0.231 e. The number of carbonyl (C=O) groups is 1. The second-order valence-corrected chi connectivity index (χ2v) is 8.51. The summed E-state index contributed by atoms with van der Waals surface area (Å²) >= 11 is 6.53. The summed E-state index contributed by atoms with van der Waals surface area (Å²) in [6, 6.07) is 15.8. The number of rotatable bonds is 5. The molecule has 30 heavy (non-hydrogen) atoms. The second kappa shape index (κ2) is 9.27. The van der Waals surface area contributed by atoms with E-state index in [1.54, 1.807) is 7.11 Å². The number of methoxy groups -OCH3 is 1. The Labute approximate surface area is 183 Å². The Morgan fingerprint density at radius 3 is 2.67 bits per heavy atom. The van der Waals surface area contributed by atoms with Gasteiger partial charge in [0.2, 0.25) is 5.91 Å². The average Bonchev–Trinajstić information content (AvgIpc) is 2.80. The van der Waals surface area contributed by atoms with Gasteiger partial charge in [0.15, 0.2) is 0 Å². The summed E-state index contributed by atoms with van der Waals surface area (Å²) in [6.45, 7) is 2.85. The van der Waals surface area contributed by atoms with Crippen LogP contribution < -0.4 is 15.0 Å². The van der Waals surface area contributed by atoms with Crippen molar-refractivity contribution in [1.82, 2.24) is 5.32 Å². The lowest BCUT2D eigenvalue weighted by Crippen LogP contribution is -2.55. The highest BCUT2D eigenvalue weighted by Crippen LogP contribution is 2.39. The molecule has 1 unspecified atom stereocenters. The minimum atomic E-state index is -0.636. The molecule has 5 nitrogen and oxygen atoms in total. The summed E-state index contributed by atoms with van der Waals surface area (Å²) in [4.78, 5) is 15.9. The highest BCUT2D eigenvalue weighted by atomic mass is 35.5. The van der Waals surface area contributed by atoms with E-state index in [0.29, 0.717) is 31.1 Å². The molecule has 2 saturated heterocycles. The molecule has 6 heteroatoms. The van der Waals surface area contributed by atoms with E-state index in [0.717, 1.165) is 42.9 Å². The molecule has 0 aromatic heterocycles. The molecule has 1 amide bonds. The van der Waals surface area contributed by atoms with E-state index in [4.69, 9.17) is 21.1 Å². The number of piperidine rings is 1. The van der Waals surface area contributed by atoms with Crippen molar-refractivity contribution in [3.63, 3.8) is 0 Å². The SMILES string of the molecule is COc1ccccc1N1CCCC(NC(=O)C2(c3ccccc3Cl)CCOCC2)C1. The van der Waals surface area contributed by atoms with Crippen LogP contribution in [0.5, 0.6) is 5.75 Å². The highest BCUT2D eigenvalue weighted by Gasteiger charge is 2.43. The summed E-state index contributed by atoms with van der Waals surface area (Å²) < 4.78 is 11.1. The molecule has 0 radical (unpaired) electrons. The first kappa shape index (κ1) is 21.0. The molecule has 0 spiro atoms. The number of halogens is 1. The third-order valence-electron chi connectivity index (χ3n) is 6.35. The van der Waals surface area contributed by atoms with Crippen molar-refractivity contribution in [2.75, 3.05) is 38.3 Å². The van der Waals surface area contributed by atoms with Crippen molar-refractivity contribution in [3.05, 3.63) is 59.1 Å². The average molecular weight is 429 g/mol. The molecule has 2 aromatic carbocycles. The van der Waals surface area contributed by atoms with Gasteiger partial charge in [0.25, 0.3) is 0 Å². The van der Waals surface area contributed by atoms with Gasteiger partial charge in [-0.2, -0.15) is 0 Å². The first-order valence-electron chi connectivity index (χ1n) is 10.7. The number of hydrogen-bond acceptors (Lipinski definition) is 4. The van der Waals surface area contributed by atoms with E-state index in [1.165, 1.54) is 0 Å². The number of anilines is 1. The van der Waals surface area contributed by atoms with Crippen molar-refractivity contribution >= 4 is 23.2 Å². The Kier molecular flexibility index (Phi) is 6.49. The standard InChI is InChI=1S/C24H29ClN2O3/c1-29-22-11-5-4-10-21(22)27-14-6-7-18(17-27)26-23(28)24(12-15-30-16-13-24)19-8-2-3-9-20(19)25/h2-5,8-11,18H,6-7,12-17H2,1H3,(H,26,28). The van der Waals surface area contributed by atoms with Crippen LogP contribution in [-0.2, 0) is 14.9 Å². The van der Waals surface area contributed by atoms with Crippen LogP contribution in [-0.4, -0.2) is 45.4 Å². The summed E-state index contributed by atoms with van der Waals surface area (Å²) in [7, 11) is 1.69. The quantitative estimate of drug-likeness (QED) is 0.776. The summed E-state index contributed by atoms with van der Waals surface area (Å²) in [5, 5.41) is 4.00. The highest BCUT2D eigenvalue weighted by molar-refractivity contribution is 6.31. The lowest BCUT2D eigenvalue weighted by Gasteiger charge is -2.40. The Bertz CT molecular complexity index is 882. The zero-order valence-corrected chi connectivity index (χ0v) is 18.2. The molecule has 160 valence electrons. The molecule has 0 bridgehead atoms. The van der Waals surface area contributed by atoms with Crippen LogP contribution in [0.3, 0.4) is 0 Å². The maximum absolute atomic E-state index is 13.6. The zero-order valence-electron chi connectivity index (χ0n) is 17.4. The van der Waals surface area contributed by atoms with Crippen molar-refractivity contribution in [1.29, 1.82) is 0 Å². The van der Waals surface area contributed by atoms with E-state index in [2.05, 4.69) is 16.3 Å². The van der Waals surface area contributed by atoms with Gasteiger partial charge < -0.3 is 19.7 Å². The molecule has 2 aliphatic heterocycles. The van der Waals surface area contributed by atoms with Gasteiger partial charge in [0.1, 0.15) is 5.75 Å². The van der Waals surface area contributed by atoms with Crippen molar-refractivity contribution in [2.24, 2.45) is 0 Å². The molecule has 1 N–H and O–H groups in total. The number of nitrogens with one attached hydrogen (secondary N) is 1. The van der Waals surface area contributed by atoms with Crippen LogP contribution in [0.2, 0.25) is 5.02 Å². The fraction of sp³-hybridized carbons (Fsp3) is 0.458. The van der Waals surface area contributed by atoms with Crippen LogP contribution in [0.15, 0.2) is 48.5 Å². The van der Waals surface area contributed by atoms with E-state index in [1.807, 2.05) is 42.5 Å². The zero-order chi connectivity index (χ0) is 21.0. The molecule has 2 fully saturated rings. The Hall–Kier alpha value is -2.24. The Morgan fingerprint density at radius 2 is 1.90 bits per heavy atom. The lowest BCUT2D eigenvalue weighted by atomic mass is 9.73. The van der Waals surface area contributed by atoms with Crippen molar-refractivity contribution in [2.45, 2.75) is 37.1 Å². The van der Waals surface area contributed by atoms with Crippen LogP contribution in [0.25, 0.3) is 0 Å². The predicted octanol–water partition coefficient (Wildman–Crippen LogP) is 4.18. The molecule has 0 saturated carbocycles. The first-order chi connectivity index (χ1) is 14.6. The fourth-order valence-electron chi connectivity index (χ4n) is 4.72. The number of ether oxygens (including phenoxy) is 2. The molecule has 2 aliphatic rings. The predicted molar refractivity (Wildman–Crippen MR) is 120 cm³/mol. The van der Waals surface area contributed by atoms with Crippen LogP contribution in [0.1, 0.15) is 31.2 Å². The molecule has 4 rings (SSSR count). The van der Waals surface area contributed by atoms with Gasteiger partial charge in [-0.3, -0.25) is 4.79 Å². The summed E-state index contributed by atoms with van der Waals surface area (Å²) in [6.07, 6.45) is 3.27. The number of carbonyl (C=O) groups excluding carboxylic acids is 1. The van der Waals surface area contributed by atoms with E-state index < -0.39 is 5.41 Å². The third-order valence-corrected chi connectivity index (χ3v) is 6.68. The van der Waals surface area contributed by atoms with Gasteiger partial charge in [0, 0.05) is 37.4 Å². The smallest absolute Gasteiger partial charge is 0.231 e. The maximum atomic E-state index is 13.6. The van der Waals surface area contributed by atoms with E-state index in [9.17, 15) is 4.79 Å². The van der Waals surface area contributed by atoms with Crippen LogP contribution >= 0.6 is 11.6 Å². The number of nitrogens with zero attached hydrogens (tertiary/aromatic N) is 1. The summed E-state index contributed by atoms with van der Waals surface area (Å²) in [5.41, 5.74) is 1.35. The van der Waals surface area contributed by atoms with Gasteiger partial charge in [-0.05, 0) is 49.4 Å². The Morgan fingerprint density at radius 1 is 1.17 bits per heavy atom. The Balaban J connectivity index is 1.53. The van der Waals surface area contributed by atoms with Gasteiger partial charge in [0.05, 0.1) is 18.2 Å². The normalized spacial score (nSPS) is 21.1. The van der Waals surface area contributed by atoms with Gasteiger partial charge in [-0.25, -0.2) is 0 Å². The number of benzene rings is 2. The van der Waals surface area contributed by atoms with E-state index >= 15 is 0 Å². The van der Waals surface area contributed by atoms with Gasteiger partial charge >= 0.3 is 0 Å². The number of para-hydroxylation sites is 2. The van der Waals surface area contributed by atoms with E-state index in [-0.39, 0.29) is 11.9 Å². The number of amides is 1. The molecule has 1 atom stereocenters. The minimum absolute atomic E-state index is 0.0609. The first-order valence-corrected chi connectivity index (χ1v) is 11.0. The molecule has 2 heterocycles. The largest absolute Gasteiger partial charge is 0.495 e. The molecule has 2 aromatic rings.